The third-order valence-electron chi connectivity index (χ3n) is 6.34. The second kappa shape index (κ2) is 18.0. The first-order chi connectivity index (χ1) is 12.7. The van der Waals surface area contributed by atoms with Crippen LogP contribution in [-0.4, -0.2) is 30.0 Å². The van der Waals surface area contributed by atoms with Crippen LogP contribution < -0.4 is 0 Å². The van der Waals surface area contributed by atoms with Crippen molar-refractivity contribution >= 4 is 5.91 Å². The lowest BCUT2D eigenvalue weighted by atomic mass is 10.0. The van der Waals surface area contributed by atoms with Gasteiger partial charge in [0.25, 0.3) is 0 Å². The molecule has 0 aliphatic heterocycles. The van der Waals surface area contributed by atoms with Crippen molar-refractivity contribution in [2.24, 2.45) is 0 Å². The molecule has 0 spiro atoms. The maximum atomic E-state index is 12.5. The third-order valence-corrected chi connectivity index (χ3v) is 6.34. The molecule has 0 heterocycles. The van der Waals surface area contributed by atoms with Gasteiger partial charge in [-0.15, -0.1) is 0 Å². The number of quaternary nitrogens is 1. The summed E-state index contributed by atoms with van der Waals surface area (Å²) in [5.74, 6) is 0.465. The van der Waals surface area contributed by atoms with Crippen molar-refractivity contribution in [3.05, 3.63) is 0 Å². The van der Waals surface area contributed by atoms with Crippen molar-refractivity contribution in [2.75, 3.05) is 19.6 Å². The minimum Gasteiger partial charge on any atom is -0.261 e. The molecule has 26 heavy (non-hydrogen) atoms. The zero-order valence-corrected chi connectivity index (χ0v) is 18.8. The largest absolute Gasteiger partial charge is 0.313 e. The molecule has 0 radical (unpaired) electrons. The summed E-state index contributed by atoms with van der Waals surface area (Å²) in [6, 6.07) is 0. The number of rotatable bonds is 19. The van der Waals surface area contributed by atoms with Crippen LogP contribution in [0.4, 0.5) is 0 Å². The molecule has 1 amide bonds. The van der Waals surface area contributed by atoms with E-state index in [2.05, 4.69) is 27.7 Å². The second-order valence-electron chi connectivity index (χ2n) is 8.19. The number of carbonyl (C=O) groups excluding carboxylic acids is 1. The summed E-state index contributed by atoms with van der Waals surface area (Å²) >= 11 is 0. The average molecular weight is 369 g/mol. The van der Waals surface area contributed by atoms with Gasteiger partial charge in [-0.2, -0.15) is 0 Å². The third kappa shape index (κ3) is 12.1. The molecule has 0 aromatic carbocycles. The molecule has 0 unspecified atom stereocenters. The fourth-order valence-electron chi connectivity index (χ4n) is 4.08. The molecule has 0 aromatic heterocycles. The Labute approximate surface area is 165 Å². The van der Waals surface area contributed by atoms with Crippen LogP contribution in [0.5, 0.6) is 0 Å². The number of nitrogens with zero attached hydrogens (tertiary/aromatic N) is 1. The molecular weight excluding hydrogens is 318 g/mol. The van der Waals surface area contributed by atoms with Gasteiger partial charge < -0.3 is 0 Å². The summed E-state index contributed by atoms with van der Waals surface area (Å²) in [7, 11) is 0. The molecule has 0 saturated heterocycles. The highest BCUT2D eigenvalue weighted by Crippen LogP contribution is 2.15. The van der Waals surface area contributed by atoms with E-state index >= 15 is 0 Å². The lowest BCUT2D eigenvalue weighted by Crippen LogP contribution is -2.52. The molecule has 0 aliphatic rings. The minimum absolute atomic E-state index is 0.465. The molecule has 156 valence electrons. The van der Waals surface area contributed by atoms with Gasteiger partial charge in [-0.1, -0.05) is 96.8 Å². The van der Waals surface area contributed by atoms with Gasteiger partial charge in [-0.05, 0) is 27.2 Å². The van der Waals surface area contributed by atoms with Gasteiger partial charge in [0, 0.05) is 0 Å². The average Bonchev–Trinajstić information content (AvgIpc) is 2.66. The molecule has 0 atom stereocenters. The lowest BCUT2D eigenvalue weighted by Gasteiger charge is -2.32. The van der Waals surface area contributed by atoms with Gasteiger partial charge >= 0.3 is 5.91 Å². The van der Waals surface area contributed by atoms with Crippen molar-refractivity contribution in [1.82, 2.24) is 0 Å². The van der Waals surface area contributed by atoms with Crippen LogP contribution >= 0.6 is 0 Å². The highest BCUT2D eigenvalue weighted by molar-refractivity contribution is 5.68. The highest BCUT2D eigenvalue weighted by Gasteiger charge is 2.29. The smallest absolute Gasteiger partial charge is 0.261 e. The van der Waals surface area contributed by atoms with Gasteiger partial charge in [0.15, 0.2) is 0 Å². The van der Waals surface area contributed by atoms with Crippen molar-refractivity contribution in [1.29, 1.82) is 0 Å². The topological polar surface area (TPSA) is 17.1 Å². The van der Waals surface area contributed by atoms with Crippen LogP contribution in [0.1, 0.15) is 130 Å². The van der Waals surface area contributed by atoms with E-state index in [1.165, 1.54) is 89.9 Å². The van der Waals surface area contributed by atoms with Gasteiger partial charge in [0.2, 0.25) is 0 Å². The quantitative estimate of drug-likeness (QED) is 0.169. The van der Waals surface area contributed by atoms with Crippen molar-refractivity contribution < 1.29 is 9.28 Å². The Balaban J connectivity index is 3.37. The Morgan fingerprint density at radius 1 is 0.500 bits per heavy atom. The van der Waals surface area contributed by atoms with E-state index in [4.69, 9.17) is 0 Å². The summed E-state index contributed by atoms with van der Waals surface area (Å²) in [5.41, 5.74) is 0. The van der Waals surface area contributed by atoms with Crippen LogP contribution in [0.25, 0.3) is 0 Å². The molecule has 0 aliphatic carbocycles. The Kier molecular flexibility index (Phi) is 17.8. The molecule has 0 fully saturated rings. The highest BCUT2D eigenvalue weighted by atomic mass is 16.2. The van der Waals surface area contributed by atoms with Crippen LogP contribution in [0.15, 0.2) is 0 Å². The standard InChI is InChI=1S/C24H50NO/c1-5-9-10-11-12-13-14-15-16-17-18-19-20-21-22-23-24(26)25(6-2,7-3)8-4/h5-23H2,1-4H3/q+1. The lowest BCUT2D eigenvalue weighted by molar-refractivity contribution is -0.849. The van der Waals surface area contributed by atoms with E-state index in [1.54, 1.807) is 0 Å². The molecule has 2 heteroatoms. The van der Waals surface area contributed by atoms with Crippen LogP contribution in [0.3, 0.4) is 0 Å². The fraction of sp³-hybridized carbons (Fsp3) is 0.958. The van der Waals surface area contributed by atoms with E-state index in [-0.39, 0.29) is 0 Å². The number of unbranched alkanes of at least 4 members (excludes halogenated alkanes) is 14. The number of carbonyl (C=O) groups is 1. The van der Waals surface area contributed by atoms with Crippen molar-refractivity contribution in [2.45, 2.75) is 130 Å². The van der Waals surface area contributed by atoms with E-state index < -0.39 is 0 Å². The Morgan fingerprint density at radius 3 is 1.12 bits per heavy atom. The van der Waals surface area contributed by atoms with Gasteiger partial charge in [-0.25, -0.2) is 4.79 Å². The number of amides is 1. The van der Waals surface area contributed by atoms with E-state index in [9.17, 15) is 4.79 Å². The Morgan fingerprint density at radius 2 is 0.808 bits per heavy atom. The van der Waals surface area contributed by atoms with Gasteiger partial charge in [-0.3, -0.25) is 4.48 Å². The molecule has 0 saturated carbocycles. The van der Waals surface area contributed by atoms with Crippen LogP contribution in [0, 0.1) is 0 Å². The Bertz CT molecular complexity index is 301. The van der Waals surface area contributed by atoms with Crippen LogP contribution in [0.2, 0.25) is 0 Å². The van der Waals surface area contributed by atoms with Crippen molar-refractivity contribution in [3.8, 4) is 0 Å². The van der Waals surface area contributed by atoms with Gasteiger partial charge in [0.05, 0.1) is 26.1 Å². The van der Waals surface area contributed by atoms with E-state index in [1.807, 2.05) is 0 Å². The normalized spacial score (nSPS) is 11.8. The second-order valence-corrected chi connectivity index (χ2v) is 8.19. The molecule has 2 nitrogen and oxygen atoms in total. The van der Waals surface area contributed by atoms with E-state index in [0.717, 1.165) is 32.5 Å². The minimum atomic E-state index is 0.465. The zero-order chi connectivity index (χ0) is 19.5. The SMILES string of the molecule is CCCCCCCCCCCCCCCCCC(=O)[N+](CC)(CC)CC. The summed E-state index contributed by atoms with van der Waals surface area (Å²) in [4.78, 5) is 12.5. The predicted molar refractivity (Wildman–Crippen MR) is 116 cm³/mol. The van der Waals surface area contributed by atoms with Gasteiger partial charge in [0.1, 0.15) is 0 Å². The molecule has 0 bridgehead atoms. The summed E-state index contributed by atoms with van der Waals surface area (Å²) in [5, 5.41) is 0. The molecule has 0 aromatic rings. The first-order valence-corrected chi connectivity index (χ1v) is 12.1. The summed E-state index contributed by atoms with van der Waals surface area (Å²) in [6.07, 6.45) is 21.5. The molecular formula is C24H50NO+. The zero-order valence-electron chi connectivity index (χ0n) is 18.8. The monoisotopic (exact) mass is 368 g/mol. The first-order valence-electron chi connectivity index (χ1n) is 12.1. The number of hydrogen-bond acceptors (Lipinski definition) is 1. The van der Waals surface area contributed by atoms with Crippen molar-refractivity contribution in [3.63, 3.8) is 0 Å². The maximum Gasteiger partial charge on any atom is 0.313 e. The maximum absolute atomic E-state index is 12.5. The predicted octanol–water partition coefficient (Wildman–Crippen LogP) is 7.65. The summed E-state index contributed by atoms with van der Waals surface area (Å²) < 4.78 is 0.679. The van der Waals surface area contributed by atoms with E-state index in [0.29, 0.717) is 10.4 Å². The molecule has 0 N–H and O–H groups in total. The van der Waals surface area contributed by atoms with Crippen LogP contribution in [-0.2, 0) is 4.79 Å². The number of hydrogen-bond donors (Lipinski definition) is 0. The summed E-state index contributed by atoms with van der Waals surface area (Å²) in [6.45, 7) is 11.6. The Hall–Kier alpha value is -0.370. The fourth-order valence-corrected chi connectivity index (χ4v) is 4.08. The first kappa shape index (κ1) is 25.6. The molecule has 0 rings (SSSR count).